The molecule has 19 heavy (non-hydrogen) atoms. The van der Waals surface area contributed by atoms with Crippen molar-refractivity contribution in [2.75, 3.05) is 24.5 Å². The number of benzene rings is 1. The van der Waals surface area contributed by atoms with Crippen LogP contribution in [-0.2, 0) is 0 Å². The summed E-state index contributed by atoms with van der Waals surface area (Å²) < 4.78 is 13.0. The van der Waals surface area contributed by atoms with Crippen LogP contribution in [0.1, 0.15) is 33.1 Å². The van der Waals surface area contributed by atoms with Crippen molar-refractivity contribution in [2.45, 2.75) is 44.7 Å². The summed E-state index contributed by atoms with van der Waals surface area (Å²) in [5.41, 5.74) is 1.52. The average molecular weight is 262 g/mol. The lowest BCUT2D eigenvalue weighted by molar-refractivity contribution is 0.159. The molecule has 2 aliphatic rings. The summed E-state index contributed by atoms with van der Waals surface area (Å²) >= 11 is 0. The minimum atomic E-state index is -0.146. The molecule has 3 rings (SSSR count). The molecule has 2 fully saturated rings. The van der Waals surface area contributed by atoms with Gasteiger partial charge in [0.25, 0.3) is 0 Å². The second kappa shape index (κ2) is 4.78. The Kier molecular flexibility index (Phi) is 3.25. The van der Waals surface area contributed by atoms with Crippen LogP contribution in [0.5, 0.6) is 0 Å². The fraction of sp³-hybridized carbons (Fsp3) is 0.625. The molecule has 1 spiro atoms. The molecule has 3 heteroatoms. The van der Waals surface area contributed by atoms with Gasteiger partial charge in [0.1, 0.15) is 5.82 Å². The van der Waals surface area contributed by atoms with Crippen molar-refractivity contribution in [2.24, 2.45) is 0 Å². The van der Waals surface area contributed by atoms with Gasteiger partial charge in [-0.25, -0.2) is 4.39 Å². The first-order valence-corrected chi connectivity index (χ1v) is 7.42. The number of halogens is 1. The molecule has 0 aromatic heterocycles. The normalized spacial score (nSPS) is 23.6. The van der Waals surface area contributed by atoms with Gasteiger partial charge in [-0.05, 0) is 50.5 Å². The summed E-state index contributed by atoms with van der Waals surface area (Å²) in [5.74, 6) is -0.146. The molecule has 0 bridgehead atoms. The quantitative estimate of drug-likeness (QED) is 0.825. The molecule has 104 valence electrons. The van der Waals surface area contributed by atoms with Crippen LogP contribution in [0.15, 0.2) is 24.3 Å². The zero-order valence-corrected chi connectivity index (χ0v) is 11.9. The van der Waals surface area contributed by atoms with Gasteiger partial charge in [0.2, 0.25) is 0 Å². The van der Waals surface area contributed by atoms with E-state index in [1.165, 1.54) is 31.5 Å². The van der Waals surface area contributed by atoms with Gasteiger partial charge in [-0.2, -0.15) is 0 Å². The van der Waals surface area contributed by atoms with Crippen LogP contribution in [0, 0.1) is 5.82 Å². The van der Waals surface area contributed by atoms with E-state index in [0.29, 0.717) is 11.6 Å². The number of nitrogens with zero attached hydrogens (tertiary/aromatic N) is 2. The van der Waals surface area contributed by atoms with E-state index in [-0.39, 0.29) is 5.82 Å². The Labute approximate surface area is 115 Å². The first kappa shape index (κ1) is 12.9. The van der Waals surface area contributed by atoms with Gasteiger partial charge in [0.15, 0.2) is 0 Å². The third-order valence-electron chi connectivity index (χ3n) is 4.86. The Hall–Kier alpha value is -1.09. The number of hydrogen-bond donors (Lipinski definition) is 0. The molecule has 2 nitrogen and oxygen atoms in total. The molecular formula is C16H23FN2. The van der Waals surface area contributed by atoms with Crippen LogP contribution in [0.3, 0.4) is 0 Å². The van der Waals surface area contributed by atoms with E-state index >= 15 is 0 Å². The molecule has 1 aromatic rings. The SMILES string of the molecule is CCC(C)N1CCN(c2ccc(F)cc2)C2(CC2)C1. The summed E-state index contributed by atoms with van der Waals surface area (Å²) in [6.07, 6.45) is 3.77. The number of anilines is 1. The Morgan fingerprint density at radius 3 is 2.47 bits per heavy atom. The van der Waals surface area contributed by atoms with Gasteiger partial charge in [0, 0.05) is 31.4 Å². The van der Waals surface area contributed by atoms with Crippen LogP contribution in [0.25, 0.3) is 0 Å². The number of piperazine rings is 1. The van der Waals surface area contributed by atoms with E-state index in [0.717, 1.165) is 13.1 Å². The minimum Gasteiger partial charge on any atom is -0.363 e. The summed E-state index contributed by atoms with van der Waals surface area (Å²) in [7, 11) is 0. The molecule has 1 saturated heterocycles. The van der Waals surface area contributed by atoms with E-state index in [9.17, 15) is 4.39 Å². The van der Waals surface area contributed by atoms with Gasteiger partial charge in [-0.15, -0.1) is 0 Å². The van der Waals surface area contributed by atoms with Crippen LogP contribution in [0.2, 0.25) is 0 Å². The molecule has 1 aliphatic carbocycles. The van der Waals surface area contributed by atoms with Crippen molar-refractivity contribution in [3.63, 3.8) is 0 Å². The number of hydrogen-bond acceptors (Lipinski definition) is 2. The van der Waals surface area contributed by atoms with Crippen molar-refractivity contribution >= 4 is 5.69 Å². The first-order valence-electron chi connectivity index (χ1n) is 7.42. The lowest BCUT2D eigenvalue weighted by Crippen LogP contribution is -2.57. The van der Waals surface area contributed by atoms with E-state index in [1.54, 1.807) is 12.1 Å². The maximum atomic E-state index is 13.0. The van der Waals surface area contributed by atoms with Gasteiger partial charge < -0.3 is 4.90 Å². The zero-order valence-electron chi connectivity index (χ0n) is 11.9. The molecule has 1 aromatic carbocycles. The second-order valence-electron chi connectivity index (χ2n) is 6.08. The largest absolute Gasteiger partial charge is 0.363 e. The maximum Gasteiger partial charge on any atom is 0.123 e. The molecule has 1 atom stereocenters. The van der Waals surface area contributed by atoms with Gasteiger partial charge in [-0.1, -0.05) is 6.92 Å². The fourth-order valence-electron chi connectivity index (χ4n) is 3.24. The highest BCUT2D eigenvalue weighted by Crippen LogP contribution is 2.46. The third-order valence-corrected chi connectivity index (χ3v) is 4.86. The summed E-state index contributed by atoms with van der Waals surface area (Å²) in [6, 6.07) is 7.68. The highest BCUT2D eigenvalue weighted by atomic mass is 19.1. The molecule has 0 radical (unpaired) electrons. The standard InChI is InChI=1S/C16H23FN2/c1-3-13(2)18-10-11-19(16(12-18)8-9-16)15-6-4-14(17)5-7-15/h4-7,13H,3,8-12H2,1-2H3. The predicted octanol–water partition coefficient (Wildman–Crippen LogP) is 3.28. The maximum absolute atomic E-state index is 13.0. The van der Waals surface area contributed by atoms with Crippen LogP contribution in [-0.4, -0.2) is 36.1 Å². The lowest BCUT2D eigenvalue weighted by atomic mass is 10.1. The van der Waals surface area contributed by atoms with Crippen molar-refractivity contribution < 1.29 is 4.39 Å². The molecule has 1 unspecified atom stereocenters. The Morgan fingerprint density at radius 2 is 1.89 bits per heavy atom. The minimum absolute atomic E-state index is 0.146. The monoisotopic (exact) mass is 262 g/mol. The second-order valence-corrected chi connectivity index (χ2v) is 6.08. The summed E-state index contributed by atoms with van der Waals surface area (Å²) in [5, 5.41) is 0. The van der Waals surface area contributed by atoms with Crippen LogP contribution >= 0.6 is 0 Å². The molecule has 1 heterocycles. The van der Waals surface area contributed by atoms with Crippen LogP contribution < -0.4 is 4.90 Å². The van der Waals surface area contributed by atoms with Crippen molar-refractivity contribution in [3.05, 3.63) is 30.1 Å². The zero-order chi connectivity index (χ0) is 13.5. The van der Waals surface area contributed by atoms with Gasteiger partial charge >= 0.3 is 0 Å². The average Bonchev–Trinajstić information content (AvgIpc) is 3.19. The topological polar surface area (TPSA) is 6.48 Å². The first-order chi connectivity index (χ1) is 9.14. The van der Waals surface area contributed by atoms with E-state index in [4.69, 9.17) is 0 Å². The van der Waals surface area contributed by atoms with E-state index in [2.05, 4.69) is 23.6 Å². The lowest BCUT2D eigenvalue weighted by Gasteiger charge is -2.45. The molecule has 1 saturated carbocycles. The number of rotatable bonds is 3. The molecular weight excluding hydrogens is 239 g/mol. The Morgan fingerprint density at radius 1 is 1.21 bits per heavy atom. The predicted molar refractivity (Wildman–Crippen MR) is 77.0 cm³/mol. The molecule has 0 N–H and O–H groups in total. The summed E-state index contributed by atoms with van der Waals surface area (Å²) in [6.45, 7) is 7.93. The fourth-order valence-corrected chi connectivity index (χ4v) is 3.24. The van der Waals surface area contributed by atoms with E-state index < -0.39 is 0 Å². The van der Waals surface area contributed by atoms with Gasteiger partial charge in [0.05, 0.1) is 5.54 Å². The third kappa shape index (κ3) is 2.36. The van der Waals surface area contributed by atoms with Crippen molar-refractivity contribution in [1.29, 1.82) is 0 Å². The van der Waals surface area contributed by atoms with Crippen LogP contribution in [0.4, 0.5) is 10.1 Å². The Balaban J connectivity index is 1.77. The highest BCUT2D eigenvalue weighted by Gasteiger charge is 2.51. The smallest absolute Gasteiger partial charge is 0.123 e. The highest BCUT2D eigenvalue weighted by molar-refractivity contribution is 5.52. The van der Waals surface area contributed by atoms with E-state index in [1.807, 2.05) is 12.1 Å². The Bertz CT molecular complexity index is 439. The van der Waals surface area contributed by atoms with Crippen molar-refractivity contribution in [3.8, 4) is 0 Å². The molecule has 0 amide bonds. The van der Waals surface area contributed by atoms with Crippen molar-refractivity contribution in [1.82, 2.24) is 4.90 Å². The summed E-state index contributed by atoms with van der Waals surface area (Å²) in [4.78, 5) is 5.12. The molecule has 1 aliphatic heterocycles. The van der Waals surface area contributed by atoms with Gasteiger partial charge in [-0.3, -0.25) is 4.90 Å².